The Hall–Kier alpha value is -7.40. The summed E-state index contributed by atoms with van der Waals surface area (Å²) in [5.41, 5.74) is 3.71. The largest absolute Gasteiger partial charge is 0.465 e. The van der Waals surface area contributed by atoms with E-state index in [1.165, 1.54) is 4.90 Å². The quantitative estimate of drug-likeness (QED) is 0.0376. The fraction of sp³-hybridized carbons (Fsp3) is 0.354. The van der Waals surface area contributed by atoms with Gasteiger partial charge in [-0.15, -0.1) is 0 Å². The first-order chi connectivity index (χ1) is 33.5. The number of hydrogen-bond donors (Lipinski definition) is 4. The molecule has 0 saturated carbocycles. The molecule has 7 rings (SSSR count). The van der Waals surface area contributed by atoms with Crippen molar-refractivity contribution in [1.29, 1.82) is 10.8 Å². The van der Waals surface area contributed by atoms with E-state index in [2.05, 4.69) is 24.6 Å². The predicted molar refractivity (Wildman–Crippen MR) is 256 cm³/mol. The number of carbonyl (C=O) groups excluding carboxylic acids is 5. The molecule has 4 aromatic rings. The summed E-state index contributed by atoms with van der Waals surface area (Å²) in [6, 6.07) is 31.2. The van der Waals surface area contributed by atoms with Crippen molar-refractivity contribution < 1.29 is 60.3 Å². The van der Waals surface area contributed by atoms with E-state index in [4.69, 9.17) is 34.5 Å². The average molecular weight is 985 g/mol. The number of alkyl carbamates (subject to hydrolysis) is 2. The van der Waals surface area contributed by atoms with Crippen LogP contribution >= 0.6 is 0 Å². The number of cyclic esters (lactones) is 2. The first-order valence-electron chi connectivity index (χ1n) is 22.3. The van der Waals surface area contributed by atoms with Crippen molar-refractivity contribution in [2.75, 3.05) is 75.1 Å². The number of amidine groups is 2. The van der Waals surface area contributed by atoms with E-state index in [9.17, 15) is 32.4 Å². The molecule has 3 aliphatic heterocycles. The van der Waals surface area contributed by atoms with E-state index in [1.54, 1.807) is 60.4 Å². The Morgan fingerprint density at radius 1 is 0.671 bits per heavy atom. The van der Waals surface area contributed by atoms with Gasteiger partial charge in [0.1, 0.15) is 49.7 Å². The van der Waals surface area contributed by atoms with Crippen molar-refractivity contribution in [3.63, 3.8) is 0 Å². The molecule has 3 aliphatic rings. The number of anilines is 2. The lowest BCUT2D eigenvalue weighted by Gasteiger charge is -2.37. The molecule has 3 unspecified atom stereocenters. The fourth-order valence-corrected chi connectivity index (χ4v) is 7.76. The van der Waals surface area contributed by atoms with Crippen LogP contribution in [-0.2, 0) is 56.0 Å². The summed E-state index contributed by atoms with van der Waals surface area (Å²) in [6.07, 6.45) is -2.59. The van der Waals surface area contributed by atoms with Crippen LogP contribution in [0.5, 0.6) is 0 Å². The maximum atomic E-state index is 12.6. The van der Waals surface area contributed by atoms with Gasteiger partial charge < -0.3 is 23.7 Å². The maximum Gasteiger partial charge on any atom is 0.414 e. The van der Waals surface area contributed by atoms with E-state index in [0.717, 1.165) is 43.6 Å². The fourth-order valence-electron chi connectivity index (χ4n) is 7.36. The van der Waals surface area contributed by atoms with E-state index in [0.29, 0.717) is 42.2 Å². The number of nitrogens with one attached hydrogen (secondary N) is 4. The minimum absolute atomic E-state index is 0.0835. The molecule has 4 N–H and O–H groups in total. The Labute approximate surface area is 405 Å². The zero-order valence-electron chi connectivity index (χ0n) is 38.9. The molecule has 0 radical (unpaired) electrons. The Bertz CT molecular complexity index is 2560. The predicted octanol–water partition coefficient (Wildman–Crippen LogP) is 5.07. The van der Waals surface area contributed by atoms with Crippen LogP contribution in [0.15, 0.2) is 109 Å². The molecule has 22 heteroatoms. The van der Waals surface area contributed by atoms with Gasteiger partial charge in [0.25, 0.3) is 10.1 Å². The van der Waals surface area contributed by atoms with Crippen molar-refractivity contribution in [3.05, 3.63) is 131 Å². The normalized spacial score (nSPS) is 17.5. The highest BCUT2D eigenvalue weighted by Crippen LogP contribution is 2.25. The third kappa shape index (κ3) is 15.6. The second-order valence-electron chi connectivity index (χ2n) is 16.2. The number of amides is 4. The highest BCUT2D eigenvalue weighted by molar-refractivity contribution is 7.86. The van der Waals surface area contributed by atoms with E-state index >= 15 is 0 Å². The topological polar surface area (TPSA) is 260 Å². The molecular weight excluding hydrogens is 929 g/mol. The highest BCUT2D eigenvalue weighted by Gasteiger charge is 2.36. The van der Waals surface area contributed by atoms with Gasteiger partial charge in [-0.1, -0.05) is 60.7 Å². The molecule has 4 amide bonds. The first kappa shape index (κ1) is 52.0. The molecular formula is C48H56N8O13S. The highest BCUT2D eigenvalue weighted by atomic mass is 32.2. The molecule has 0 aliphatic carbocycles. The van der Waals surface area contributed by atoms with E-state index in [1.807, 2.05) is 67.6 Å². The smallest absolute Gasteiger partial charge is 0.414 e. The van der Waals surface area contributed by atoms with Gasteiger partial charge >= 0.3 is 30.3 Å². The van der Waals surface area contributed by atoms with Crippen LogP contribution < -0.4 is 20.4 Å². The number of carbonyl (C=O) groups is 5. The van der Waals surface area contributed by atoms with Crippen molar-refractivity contribution in [3.8, 4) is 0 Å². The minimum atomic E-state index is -3.63. The van der Waals surface area contributed by atoms with Gasteiger partial charge in [0.05, 0.1) is 26.0 Å². The number of nitrogens with zero attached hydrogens (tertiary/aromatic N) is 4. The van der Waals surface area contributed by atoms with Gasteiger partial charge in [0.15, 0.2) is 0 Å². The van der Waals surface area contributed by atoms with Gasteiger partial charge in [-0.2, -0.15) is 8.42 Å². The summed E-state index contributed by atoms with van der Waals surface area (Å²) in [5, 5.41) is 21.0. The molecule has 70 heavy (non-hydrogen) atoms. The summed E-state index contributed by atoms with van der Waals surface area (Å²) in [6.45, 7) is 8.15. The van der Waals surface area contributed by atoms with Crippen molar-refractivity contribution in [1.82, 2.24) is 20.4 Å². The summed E-state index contributed by atoms with van der Waals surface area (Å²) >= 11 is 0. The second kappa shape index (κ2) is 24.8. The number of benzene rings is 4. The Kier molecular flexibility index (Phi) is 18.4. The molecule has 3 heterocycles. The van der Waals surface area contributed by atoms with E-state index < -0.39 is 40.6 Å². The molecule has 3 saturated heterocycles. The minimum Gasteiger partial charge on any atom is -0.465 e. The third-order valence-corrected chi connectivity index (χ3v) is 11.6. The van der Waals surface area contributed by atoms with E-state index in [-0.39, 0.29) is 56.2 Å². The molecule has 4 aromatic carbocycles. The summed E-state index contributed by atoms with van der Waals surface area (Å²) in [4.78, 5) is 67.8. The van der Waals surface area contributed by atoms with Crippen LogP contribution in [-0.4, -0.2) is 144 Å². The maximum absolute atomic E-state index is 12.6. The van der Waals surface area contributed by atoms with Gasteiger partial charge in [-0.3, -0.25) is 50.0 Å². The monoisotopic (exact) mass is 984 g/mol. The lowest BCUT2D eigenvalue weighted by atomic mass is 10.1. The average Bonchev–Trinajstić information content (AvgIpc) is 3.93. The van der Waals surface area contributed by atoms with Crippen molar-refractivity contribution in [2.24, 2.45) is 0 Å². The van der Waals surface area contributed by atoms with Gasteiger partial charge in [-0.25, -0.2) is 19.2 Å². The zero-order valence-corrected chi connectivity index (χ0v) is 39.7. The van der Waals surface area contributed by atoms with Crippen LogP contribution in [0, 0.1) is 10.8 Å². The summed E-state index contributed by atoms with van der Waals surface area (Å²) < 4.78 is 52.9. The number of rotatable bonds is 16. The molecule has 3 fully saturated rings. The zero-order chi connectivity index (χ0) is 50.2. The number of ether oxygens (including phenoxy) is 5. The van der Waals surface area contributed by atoms with Crippen molar-refractivity contribution in [2.45, 2.75) is 45.3 Å². The molecule has 0 aromatic heterocycles. The number of piperazine rings is 1. The standard InChI is InChI=1S/C28H35N5O6.C20H21N3O7S/c1-3-37-26(34)20(2)32-15-13-31(14-16-32)17-24-18-33(28(36)39-24)23-11-9-22(10-12-23)25(29)30-27(35)38-19-21-7-5-4-6-8-21;1-31(26,27)29-13-17-11-23(20(25)30-17)16-9-7-15(8-10-16)18(21)22-19(24)28-12-14-5-3-2-4-6-14/h4-12,20,24H,3,13-19H2,1-2H3,(H2,29,30,35);2-10,17H,11-13H2,1H3,(H2,21,22,24). The summed E-state index contributed by atoms with van der Waals surface area (Å²) in [7, 11) is -3.63. The summed E-state index contributed by atoms with van der Waals surface area (Å²) in [5.74, 6) is -0.461. The van der Waals surface area contributed by atoms with Crippen LogP contribution in [0.4, 0.5) is 30.6 Å². The van der Waals surface area contributed by atoms with Crippen molar-refractivity contribution >= 4 is 63.5 Å². The lowest BCUT2D eigenvalue weighted by molar-refractivity contribution is -0.149. The molecule has 3 atom stereocenters. The Morgan fingerprint density at radius 3 is 1.56 bits per heavy atom. The van der Waals surface area contributed by atoms with Crippen LogP contribution in [0.25, 0.3) is 0 Å². The Morgan fingerprint density at radius 2 is 1.11 bits per heavy atom. The van der Waals surface area contributed by atoms with Crippen LogP contribution in [0.2, 0.25) is 0 Å². The van der Waals surface area contributed by atoms with Gasteiger partial charge in [0, 0.05) is 55.2 Å². The van der Waals surface area contributed by atoms with Crippen LogP contribution in [0.1, 0.15) is 36.1 Å². The van der Waals surface area contributed by atoms with Gasteiger partial charge in [-0.05, 0) is 73.5 Å². The second-order valence-corrected chi connectivity index (χ2v) is 17.8. The van der Waals surface area contributed by atoms with Gasteiger partial charge in [0.2, 0.25) is 0 Å². The third-order valence-electron chi connectivity index (χ3n) is 11.1. The van der Waals surface area contributed by atoms with Crippen LogP contribution in [0.3, 0.4) is 0 Å². The molecule has 21 nitrogen and oxygen atoms in total. The SMILES string of the molecule is CCOC(=O)C(C)N1CCN(CC2CN(c3ccc(C(=N)NC(=O)OCc4ccccc4)cc3)C(=O)O2)CC1.CS(=O)(=O)OCC1CN(c2ccc(C(=N)NC(=O)OCc3ccccc3)cc2)C(=O)O1. The number of hydrogen-bond acceptors (Lipinski definition) is 17. The molecule has 0 spiro atoms. The molecule has 372 valence electrons. The first-order valence-corrected chi connectivity index (χ1v) is 24.1. The number of esters is 1. The Balaban J connectivity index is 0.000000236. The molecule has 0 bridgehead atoms. The lowest BCUT2D eigenvalue weighted by Crippen LogP contribution is -2.53.